The third-order valence-electron chi connectivity index (χ3n) is 3.60. The molecule has 1 aliphatic rings. The van der Waals surface area contributed by atoms with Gasteiger partial charge in [-0.2, -0.15) is 0 Å². The third-order valence-corrected chi connectivity index (χ3v) is 3.60. The summed E-state index contributed by atoms with van der Waals surface area (Å²) in [5.41, 5.74) is 4.32. The summed E-state index contributed by atoms with van der Waals surface area (Å²) in [6.45, 7) is 9.31. The third kappa shape index (κ3) is 3.31. The number of hydrogen-bond donors (Lipinski definition) is 1. The Morgan fingerprint density at radius 2 is 2.06 bits per heavy atom. The first-order valence-electron chi connectivity index (χ1n) is 6.75. The molecule has 3 nitrogen and oxygen atoms in total. The Morgan fingerprint density at radius 3 is 2.78 bits per heavy atom. The number of methoxy groups -OCH3 is 1. The quantitative estimate of drug-likeness (QED) is 0.835. The molecule has 1 aromatic carbocycles. The van der Waals surface area contributed by atoms with Crippen molar-refractivity contribution in [2.45, 2.75) is 39.5 Å². The molecule has 0 saturated carbocycles. The lowest BCUT2D eigenvalue weighted by Gasteiger charge is -2.26. The van der Waals surface area contributed by atoms with Crippen molar-refractivity contribution in [1.82, 2.24) is 10.2 Å². The Bertz CT molecular complexity index is 390. The Balaban J connectivity index is 2.02. The number of hydrogen-bond acceptors (Lipinski definition) is 3. The first-order valence-corrected chi connectivity index (χ1v) is 6.75. The predicted molar refractivity (Wildman–Crippen MR) is 74.4 cm³/mol. The van der Waals surface area contributed by atoms with Crippen LogP contribution >= 0.6 is 0 Å². The van der Waals surface area contributed by atoms with Gasteiger partial charge in [-0.05, 0) is 30.5 Å². The maximum Gasteiger partial charge on any atom is 0.0589 e. The van der Waals surface area contributed by atoms with E-state index in [9.17, 15) is 0 Å². The monoisotopic (exact) mass is 248 g/mol. The lowest BCUT2D eigenvalue weighted by Crippen LogP contribution is -2.33. The minimum Gasteiger partial charge on any atom is -0.383 e. The number of ether oxygens (including phenoxy) is 1. The molecule has 0 aliphatic carbocycles. The van der Waals surface area contributed by atoms with E-state index in [1.54, 1.807) is 7.11 Å². The van der Waals surface area contributed by atoms with E-state index >= 15 is 0 Å². The second-order valence-corrected chi connectivity index (χ2v) is 5.26. The molecule has 0 fully saturated rings. The van der Waals surface area contributed by atoms with E-state index in [4.69, 9.17) is 4.74 Å². The number of rotatable bonds is 6. The maximum absolute atomic E-state index is 5.18. The van der Waals surface area contributed by atoms with E-state index in [0.29, 0.717) is 6.04 Å². The second-order valence-electron chi connectivity index (χ2n) is 5.26. The highest BCUT2D eigenvalue weighted by molar-refractivity contribution is 5.34. The number of benzene rings is 1. The molecule has 0 aromatic heterocycles. The average Bonchev–Trinajstić information content (AvgIpc) is 2.81. The topological polar surface area (TPSA) is 24.5 Å². The van der Waals surface area contributed by atoms with Gasteiger partial charge in [0, 0.05) is 39.3 Å². The fourth-order valence-electron chi connectivity index (χ4n) is 2.41. The number of fused-ring (bicyclic) bond motifs is 1. The summed E-state index contributed by atoms with van der Waals surface area (Å²) in [6.07, 6.45) is 0. The molecular formula is C15H24N2O. The van der Waals surface area contributed by atoms with E-state index in [-0.39, 0.29) is 0 Å². The number of nitrogens with zero attached hydrogens (tertiary/aromatic N) is 1. The second kappa shape index (κ2) is 6.32. The number of nitrogens with one attached hydrogen (secondary N) is 1. The van der Waals surface area contributed by atoms with Gasteiger partial charge in [-0.3, -0.25) is 4.90 Å². The molecule has 0 atom stereocenters. The summed E-state index contributed by atoms with van der Waals surface area (Å²) in [5, 5.41) is 3.39. The van der Waals surface area contributed by atoms with E-state index in [2.05, 4.69) is 42.3 Å². The highest BCUT2D eigenvalue weighted by atomic mass is 16.5. The van der Waals surface area contributed by atoms with Crippen LogP contribution in [0, 0.1) is 0 Å². The van der Waals surface area contributed by atoms with Gasteiger partial charge in [0.05, 0.1) is 6.61 Å². The molecule has 0 unspecified atom stereocenters. The molecule has 1 aromatic rings. The Labute approximate surface area is 110 Å². The molecule has 1 aliphatic heterocycles. The van der Waals surface area contributed by atoms with Crippen molar-refractivity contribution in [3.05, 3.63) is 34.9 Å². The molecule has 0 spiro atoms. The van der Waals surface area contributed by atoms with Gasteiger partial charge in [0.25, 0.3) is 0 Å². The molecule has 100 valence electrons. The molecule has 1 heterocycles. The van der Waals surface area contributed by atoms with E-state index < -0.39 is 0 Å². The normalized spacial score (nSPS) is 14.5. The molecule has 18 heavy (non-hydrogen) atoms. The minimum atomic E-state index is 0.548. The largest absolute Gasteiger partial charge is 0.383 e. The van der Waals surface area contributed by atoms with Gasteiger partial charge >= 0.3 is 0 Å². The van der Waals surface area contributed by atoms with E-state index in [0.717, 1.165) is 32.8 Å². The van der Waals surface area contributed by atoms with Crippen molar-refractivity contribution < 1.29 is 4.74 Å². The van der Waals surface area contributed by atoms with Crippen LogP contribution in [0.5, 0.6) is 0 Å². The smallest absolute Gasteiger partial charge is 0.0589 e. The van der Waals surface area contributed by atoms with Gasteiger partial charge in [0.2, 0.25) is 0 Å². The summed E-state index contributed by atoms with van der Waals surface area (Å²) in [6, 6.07) is 7.41. The lowest BCUT2D eigenvalue weighted by molar-refractivity contribution is 0.125. The van der Waals surface area contributed by atoms with Gasteiger partial charge < -0.3 is 10.1 Å². The summed E-state index contributed by atoms with van der Waals surface area (Å²) >= 11 is 0. The van der Waals surface area contributed by atoms with E-state index in [1.807, 2.05) is 0 Å². The highest BCUT2D eigenvalue weighted by Gasteiger charge is 2.13. The first kappa shape index (κ1) is 13.5. The van der Waals surface area contributed by atoms with Crippen LogP contribution in [0.4, 0.5) is 0 Å². The summed E-state index contributed by atoms with van der Waals surface area (Å²) in [7, 11) is 1.76. The Kier molecular flexibility index (Phi) is 4.75. The van der Waals surface area contributed by atoms with Gasteiger partial charge in [0.1, 0.15) is 0 Å². The Hall–Kier alpha value is -0.900. The van der Waals surface area contributed by atoms with Crippen LogP contribution in [-0.4, -0.2) is 31.2 Å². The minimum absolute atomic E-state index is 0.548. The lowest BCUT2D eigenvalue weighted by atomic mass is 10.1. The molecule has 0 saturated heterocycles. The van der Waals surface area contributed by atoms with Gasteiger partial charge in [-0.15, -0.1) is 0 Å². The fraction of sp³-hybridized carbons (Fsp3) is 0.600. The van der Waals surface area contributed by atoms with Gasteiger partial charge in [-0.1, -0.05) is 18.2 Å². The summed E-state index contributed by atoms with van der Waals surface area (Å²) < 4.78 is 5.18. The zero-order valence-electron chi connectivity index (χ0n) is 11.7. The zero-order valence-corrected chi connectivity index (χ0v) is 11.7. The predicted octanol–water partition coefficient (Wildman–Crippen LogP) is 2.15. The van der Waals surface area contributed by atoms with Crippen LogP contribution in [0.15, 0.2) is 18.2 Å². The van der Waals surface area contributed by atoms with Gasteiger partial charge in [-0.25, -0.2) is 0 Å². The van der Waals surface area contributed by atoms with Crippen molar-refractivity contribution in [3.63, 3.8) is 0 Å². The molecular weight excluding hydrogens is 224 g/mol. The van der Waals surface area contributed by atoms with Crippen molar-refractivity contribution >= 4 is 0 Å². The molecule has 0 bridgehead atoms. The van der Waals surface area contributed by atoms with Crippen LogP contribution in [0.2, 0.25) is 0 Å². The first-order chi connectivity index (χ1) is 8.70. The molecule has 3 heteroatoms. The van der Waals surface area contributed by atoms with Crippen molar-refractivity contribution in [1.29, 1.82) is 0 Å². The standard InChI is InChI=1S/C15H24N2O/c1-12(2)17(6-7-18-3)11-13-4-5-14-9-16-10-15(14)8-13/h4-5,8,12,16H,6-7,9-11H2,1-3H3. The van der Waals surface area contributed by atoms with Crippen molar-refractivity contribution in [2.75, 3.05) is 20.3 Å². The van der Waals surface area contributed by atoms with Crippen molar-refractivity contribution in [2.24, 2.45) is 0 Å². The highest BCUT2D eigenvalue weighted by Crippen LogP contribution is 2.18. The van der Waals surface area contributed by atoms with Crippen LogP contribution < -0.4 is 5.32 Å². The fourth-order valence-corrected chi connectivity index (χ4v) is 2.41. The summed E-state index contributed by atoms with van der Waals surface area (Å²) in [4.78, 5) is 2.45. The molecule has 2 rings (SSSR count). The maximum atomic E-state index is 5.18. The van der Waals surface area contributed by atoms with Crippen molar-refractivity contribution in [3.8, 4) is 0 Å². The summed E-state index contributed by atoms with van der Waals surface area (Å²) in [5.74, 6) is 0. The van der Waals surface area contributed by atoms with Crippen LogP contribution in [0.1, 0.15) is 30.5 Å². The Morgan fingerprint density at radius 1 is 1.28 bits per heavy atom. The SMILES string of the molecule is COCCN(Cc1ccc2c(c1)CNC2)C(C)C. The zero-order chi connectivity index (χ0) is 13.0. The van der Waals surface area contributed by atoms with Gasteiger partial charge in [0.15, 0.2) is 0 Å². The molecule has 0 radical (unpaired) electrons. The van der Waals surface area contributed by atoms with Crippen LogP contribution in [0.25, 0.3) is 0 Å². The average molecular weight is 248 g/mol. The van der Waals surface area contributed by atoms with E-state index in [1.165, 1.54) is 16.7 Å². The molecule has 1 N–H and O–H groups in total. The van der Waals surface area contributed by atoms with Crippen LogP contribution in [0.3, 0.4) is 0 Å². The molecule has 0 amide bonds. The van der Waals surface area contributed by atoms with Crippen LogP contribution in [-0.2, 0) is 24.4 Å².